The van der Waals surface area contributed by atoms with Crippen LogP contribution in [0.4, 0.5) is 0 Å². The van der Waals surface area contributed by atoms with Crippen molar-refractivity contribution in [1.82, 2.24) is 5.32 Å². The molecule has 0 saturated carbocycles. The molecule has 1 fully saturated rings. The molecule has 61 heavy (non-hydrogen) atoms. The summed E-state index contributed by atoms with van der Waals surface area (Å²) < 4.78 is 11.1. The fourth-order valence-electron chi connectivity index (χ4n) is 7.90. The Morgan fingerprint density at radius 3 is 1.43 bits per heavy atom. The zero-order valence-corrected chi connectivity index (χ0v) is 39.0. The van der Waals surface area contributed by atoms with Crippen molar-refractivity contribution in [3.8, 4) is 0 Å². The van der Waals surface area contributed by atoms with E-state index in [1.54, 1.807) is 6.08 Å². The van der Waals surface area contributed by atoms with Crippen LogP contribution in [0.25, 0.3) is 0 Å². The molecule has 1 amide bonds. The van der Waals surface area contributed by atoms with E-state index in [4.69, 9.17) is 9.47 Å². The maximum absolute atomic E-state index is 13.1. The normalized spacial score (nSPS) is 21.2. The lowest BCUT2D eigenvalue weighted by Gasteiger charge is -2.40. The third-order valence-electron chi connectivity index (χ3n) is 12.1. The van der Waals surface area contributed by atoms with Crippen LogP contribution in [0.1, 0.15) is 219 Å². The number of aliphatic hydroxyl groups excluding tert-OH is 6. The Kier molecular flexibility index (Phi) is 38.7. The lowest BCUT2D eigenvalue weighted by molar-refractivity contribution is -0.302. The van der Waals surface area contributed by atoms with Crippen LogP contribution < -0.4 is 5.32 Å². The Bertz CT molecular complexity index is 1070. The molecule has 0 bridgehead atoms. The summed E-state index contributed by atoms with van der Waals surface area (Å²) in [7, 11) is 0. The molecule has 10 heteroatoms. The number of nitrogens with one attached hydrogen (secondary N) is 1. The molecule has 1 heterocycles. The topological polar surface area (TPSA) is 169 Å². The van der Waals surface area contributed by atoms with Crippen molar-refractivity contribution < 1.29 is 44.9 Å². The molecule has 8 atom stereocenters. The summed E-state index contributed by atoms with van der Waals surface area (Å²) >= 11 is 0. The van der Waals surface area contributed by atoms with Crippen LogP contribution in [0.5, 0.6) is 0 Å². The van der Waals surface area contributed by atoms with E-state index < -0.39 is 61.5 Å². The van der Waals surface area contributed by atoms with Crippen molar-refractivity contribution >= 4 is 5.91 Å². The SMILES string of the molecule is CCCCCCCCC/C=C/CC/C=C/CC/C=C/C(O)C(COC1OC(CO)C(O)C(O)C1O)NC(=O)C(O)CCCCCCCCCCCCCCCCCCCCC. The molecular formula is C51H95NO9. The van der Waals surface area contributed by atoms with E-state index in [1.807, 2.05) is 6.08 Å². The molecule has 10 nitrogen and oxygen atoms in total. The van der Waals surface area contributed by atoms with Crippen molar-refractivity contribution in [2.75, 3.05) is 13.2 Å². The largest absolute Gasteiger partial charge is 0.394 e. The van der Waals surface area contributed by atoms with Gasteiger partial charge in [0.05, 0.1) is 25.4 Å². The second-order valence-corrected chi connectivity index (χ2v) is 17.7. The molecule has 1 aliphatic heterocycles. The van der Waals surface area contributed by atoms with Gasteiger partial charge in [0.25, 0.3) is 0 Å². The van der Waals surface area contributed by atoms with E-state index in [-0.39, 0.29) is 6.61 Å². The van der Waals surface area contributed by atoms with Crippen molar-refractivity contribution in [2.45, 2.75) is 268 Å². The summed E-state index contributed by atoms with van der Waals surface area (Å²) in [6.07, 6.45) is 40.9. The predicted octanol–water partition coefficient (Wildman–Crippen LogP) is 10.2. The minimum Gasteiger partial charge on any atom is -0.394 e. The van der Waals surface area contributed by atoms with Gasteiger partial charge in [0, 0.05) is 0 Å². The smallest absolute Gasteiger partial charge is 0.249 e. The van der Waals surface area contributed by atoms with Crippen LogP contribution in [0.15, 0.2) is 36.5 Å². The highest BCUT2D eigenvalue weighted by Gasteiger charge is 2.44. The number of amides is 1. The molecule has 0 aromatic heterocycles. The number of rotatable bonds is 42. The van der Waals surface area contributed by atoms with Crippen LogP contribution in [0, 0.1) is 0 Å². The summed E-state index contributed by atoms with van der Waals surface area (Å²) in [6.45, 7) is 3.59. The molecule has 358 valence electrons. The molecular weight excluding hydrogens is 771 g/mol. The van der Waals surface area contributed by atoms with Crippen molar-refractivity contribution in [3.05, 3.63) is 36.5 Å². The molecule has 1 aliphatic rings. The number of allylic oxidation sites excluding steroid dienone is 5. The lowest BCUT2D eigenvalue weighted by Crippen LogP contribution is -2.60. The number of unbranched alkanes of at least 4 members (excludes halogenated alkanes) is 27. The Balaban J connectivity index is 2.39. The molecule has 0 aromatic carbocycles. The quantitative estimate of drug-likeness (QED) is 0.0233. The average Bonchev–Trinajstić information content (AvgIpc) is 3.26. The minimum atomic E-state index is -1.62. The molecule has 0 aromatic rings. The molecule has 1 saturated heterocycles. The van der Waals surface area contributed by atoms with Gasteiger partial charge in [-0.15, -0.1) is 0 Å². The number of hydrogen-bond donors (Lipinski definition) is 7. The van der Waals surface area contributed by atoms with E-state index in [1.165, 1.54) is 141 Å². The van der Waals surface area contributed by atoms with Crippen LogP contribution in [0.2, 0.25) is 0 Å². The highest BCUT2D eigenvalue weighted by Crippen LogP contribution is 2.23. The standard InChI is InChI=1S/C51H95NO9/c1-3-5-7-9-11-13-15-17-19-21-22-24-26-28-30-32-34-36-38-40-45(55)50(59)52-43(42-60-51-49(58)48(57)47(56)46(41-53)61-51)44(54)39-37-35-33-31-29-27-25-23-20-18-16-14-12-10-8-6-4-2/h20,23,29,31,37,39,43-49,51,53-58H,3-19,21-22,24-28,30,32-36,38,40-42H2,1-2H3,(H,52,59)/b23-20+,31-29+,39-37+. The second-order valence-electron chi connectivity index (χ2n) is 17.7. The van der Waals surface area contributed by atoms with Crippen LogP contribution in [-0.4, -0.2) is 98.7 Å². The van der Waals surface area contributed by atoms with Gasteiger partial charge in [-0.25, -0.2) is 0 Å². The lowest BCUT2D eigenvalue weighted by atomic mass is 9.99. The fourth-order valence-corrected chi connectivity index (χ4v) is 7.90. The Hall–Kier alpha value is -1.63. The van der Waals surface area contributed by atoms with Crippen molar-refractivity contribution in [2.24, 2.45) is 0 Å². The van der Waals surface area contributed by atoms with Gasteiger partial charge in [0.1, 0.15) is 30.5 Å². The van der Waals surface area contributed by atoms with E-state index in [0.29, 0.717) is 19.3 Å². The first kappa shape index (κ1) is 57.4. The molecule has 0 spiro atoms. The van der Waals surface area contributed by atoms with Crippen molar-refractivity contribution in [1.29, 1.82) is 0 Å². The van der Waals surface area contributed by atoms with Gasteiger partial charge < -0.3 is 45.4 Å². The van der Waals surface area contributed by atoms with Crippen LogP contribution in [-0.2, 0) is 14.3 Å². The molecule has 1 rings (SSSR count). The third-order valence-corrected chi connectivity index (χ3v) is 12.1. The van der Waals surface area contributed by atoms with E-state index in [0.717, 1.165) is 44.9 Å². The van der Waals surface area contributed by atoms with Gasteiger partial charge in [0.2, 0.25) is 5.91 Å². The predicted molar refractivity (Wildman–Crippen MR) is 250 cm³/mol. The first-order valence-electron chi connectivity index (χ1n) is 25.3. The molecule has 7 N–H and O–H groups in total. The fraction of sp³-hybridized carbons (Fsp3) is 0.863. The summed E-state index contributed by atoms with van der Waals surface area (Å²) in [5.41, 5.74) is 0. The Morgan fingerprint density at radius 2 is 0.967 bits per heavy atom. The minimum absolute atomic E-state index is 0.304. The highest BCUT2D eigenvalue weighted by molar-refractivity contribution is 5.80. The monoisotopic (exact) mass is 866 g/mol. The molecule has 0 radical (unpaired) electrons. The van der Waals surface area contributed by atoms with E-state index in [9.17, 15) is 35.4 Å². The Morgan fingerprint density at radius 1 is 0.557 bits per heavy atom. The summed E-state index contributed by atoms with van der Waals surface area (Å²) in [4.78, 5) is 13.1. The second kappa shape index (κ2) is 41.1. The van der Waals surface area contributed by atoms with Crippen molar-refractivity contribution in [3.63, 3.8) is 0 Å². The maximum Gasteiger partial charge on any atom is 0.249 e. The average molecular weight is 866 g/mol. The van der Waals surface area contributed by atoms with E-state index in [2.05, 4.69) is 43.5 Å². The Labute approximate surface area is 373 Å². The van der Waals surface area contributed by atoms with Gasteiger partial charge in [0.15, 0.2) is 6.29 Å². The van der Waals surface area contributed by atoms with Gasteiger partial charge >= 0.3 is 0 Å². The zero-order chi connectivity index (χ0) is 44.6. The first-order chi connectivity index (χ1) is 29.8. The maximum atomic E-state index is 13.1. The van der Waals surface area contributed by atoms with Gasteiger partial charge in [-0.3, -0.25) is 4.79 Å². The summed E-state index contributed by atoms with van der Waals surface area (Å²) in [6, 6.07) is -1.00. The van der Waals surface area contributed by atoms with E-state index >= 15 is 0 Å². The summed E-state index contributed by atoms with van der Waals surface area (Å²) in [5.74, 6) is -0.628. The van der Waals surface area contributed by atoms with Gasteiger partial charge in [-0.2, -0.15) is 0 Å². The first-order valence-corrected chi connectivity index (χ1v) is 25.3. The molecule has 0 aliphatic carbocycles. The number of carbonyl (C=O) groups is 1. The van der Waals surface area contributed by atoms with Crippen LogP contribution in [0.3, 0.4) is 0 Å². The molecule has 8 unspecified atom stereocenters. The third kappa shape index (κ3) is 31.0. The number of carbonyl (C=O) groups excluding carboxylic acids is 1. The van der Waals surface area contributed by atoms with Crippen LogP contribution >= 0.6 is 0 Å². The number of aliphatic hydroxyl groups is 6. The number of ether oxygens (including phenoxy) is 2. The number of hydrogen-bond acceptors (Lipinski definition) is 9. The van der Waals surface area contributed by atoms with Gasteiger partial charge in [-0.1, -0.05) is 211 Å². The zero-order valence-electron chi connectivity index (χ0n) is 39.0. The summed E-state index contributed by atoms with van der Waals surface area (Å²) in [5, 5.41) is 64.8. The highest BCUT2D eigenvalue weighted by atomic mass is 16.7. The van der Waals surface area contributed by atoms with Gasteiger partial charge in [-0.05, 0) is 44.9 Å².